The number of rotatable bonds is 1. The fourth-order valence-corrected chi connectivity index (χ4v) is 2.87. The second kappa shape index (κ2) is 4.81. The number of piperidine rings is 1. The summed E-state index contributed by atoms with van der Waals surface area (Å²) in [6.07, 6.45) is 3.69. The summed E-state index contributed by atoms with van der Waals surface area (Å²) >= 11 is 0. The molecular formula is C12H24N2O. The maximum Gasteiger partial charge on any atom is 0.0637 e. The van der Waals surface area contributed by atoms with Crippen molar-refractivity contribution in [1.29, 1.82) is 0 Å². The van der Waals surface area contributed by atoms with Crippen LogP contribution in [0.2, 0.25) is 0 Å². The van der Waals surface area contributed by atoms with Crippen LogP contribution in [0.25, 0.3) is 0 Å². The molecule has 2 N–H and O–H groups in total. The van der Waals surface area contributed by atoms with Crippen LogP contribution < -0.4 is 5.73 Å². The largest absolute Gasteiger partial charge is 0.380 e. The lowest BCUT2D eigenvalue weighted by Gasteiger charge is -2.45. The summed E-state index contributed by atoms with van der Waals surface area (Å²) in [5.74, 6) is 0.815. The molecule has 0 aliphatic carbocycles. The van der Waals surface area contributed by atoms with Gasteiger partial charge in [-0.15, -0.1) is 0 Å². The summed E-state index contributed by atoms with van der Waals surface area (Å²) in [4.78, 5) is 2.58. The van der Waals surface area contributed by atoms with E-state index in [-0.39, 0.29) is 0 Å². The van der Waals surface area contributed by atoms with Gasteiger partial charge in [-0.2, -0.15) is 0 Å². The molecule has 2 aliphatic rings. The molecule has 2 fully saturated rings. The van der Waals surface area contributed by atoms with Crippen LogP contribution in [0.15, 0.2) is 0 Å². The van der Waals surface area contributed by atoms with Crippen molar-refractivity contribution in [2.75, 3.05) is 19.8 Å². The van der Waals surface area contributed by atoms with Gasteiger partial charge >= 0.3 is 0 Å². The Bertz CT molecular complexity index is 210. The minimum atomic E-state index is 0.312. The molecule has 2 rings (SSSR count). The molecule has 0 spiro atoms. The van der Waals surface area contributed by atoms with Gasteiger partial charge in [-0.25, -0.2) is 0 Å². The molecule has 0 aromatic heterocycles. The Labute approximate surface area is 93.0 Å². The van der Waals surface area contributed by atoms with Crippen LogP contribution in [-0.2, 0) is 4.74 Å². The standard InChI is InChI=1S/C12H24N2O/c1-9-3-4-10(2)14(7-9)12-8-15-6-5-11(12)13/h9-12H,3-8,13H2,1-2H3. The van der Waals surface area contributed by atoms with E-state index in [0.29, 0.717) is 18.1 Å². The van der Waals surface area contributed by atoms with Crippen molar-refractivity contribution in [2.45, 2.75) is 51.2 Å². The SMILES string of the molecule is CC1CCC(C)N(C2COCCC2N)C1. The highest BCUT2D eigenvalue weighted by atomic mass is 16.5. The molecule has 0 saturated carbocycles. The van der Waals surface area contributed by atoms with Gasteiger partial charge in [-0.1, -0.05) is 6.92 Å². The van der Waals surface area contributed by atoms with Crippen LogP contribution in [0.1, 0.15) is 33.1 Å². The lowest BCUT2D eigenvalue weighted by atomic mass is 9.91. The number of ether oxygens (including phenoxy) is 1. The van der Waals surface area contributed by atoms with E-state index in [2.05, 4.69) is 18.7 Å². The van der Waals surface area contributed by atoms with Crippen molar-refractivity contribution in [3.8, 4) is 0 Å². The first kappa shape index (κ1) is 11.4. The Kier molecular flexibility index (Phi) is 3.65. The highest BCUT2D eigenvalue weighted by Gasteiger charge is 2.34. The van der Waals surface area contributed by atoms with Crippen molar-refractivity contribution in [2.24, 2.45) is 11.7 Å². The van der Waals surface area contributed by atoms with E-state index < -0.39 is 0 Å². The van der Waals surface area contributed by atoms with Crippen LogP contribution in [0, 0.1) is 5.92 Å². The van der Waals surface area contributed by atoms with Crippen LogP contribution in [0.5, 0.6) is 0 Å². The smallest absolute Gasteiger partial charge is 0.0637 e. The van der Waals surface area contributed by atoms with Gasteiger partial charge in [0.05, 0.1) is 6.61 Å². The Morgan fingerprint density at radius 3 is 2.73 bits per heavy atom. The number of hydrogen-bond acceptors (Lipinski definition) is 3. The summed E-state index contributed by atoms with van der Waals surface area (Å²) in [5, 5.41) is 0. The third-order valence-corrected chi connectivity index (χ3v) is 3.97. The Morgan fingerprint density at radius 1 is 1.20 bits per heavy atom. The van der Waals surface area contributed by atoms with Gasteiger partial charge in [0.1, 0.15) is 0 Å². The number of nitrogens with zero attached hydrogens (tertiary/aromatic N) is 1. The number of nitrogens with two attached hydrogens (primary N) is 1. The molecule has 0 radical (unpaired) electrons. The van der Waals surface area contributed by atoms with Gasteiger partial charge in [0, 0.05) is 31.3 Å². The Hall–Kier alpha value is -0.120. The molecule has 4 atom stereocenters. The fourth-order valence-electron chi connectivity index (χ4n) is 2.87. The molecule has 3 heteroatoms. The molecule has 0 amide bonds. The normalized spacial score (nSPS) is 44.2. The second-order valence-electron chi connectivity index (χ2n) is 5.32. The van der Waals surface area contributed by atoms with E-state index in [4.69, 9.17) is 10.5 Å². The van der Waals surface area contributed by atoms with Gasteiger partial charge in [0.25, 0.3) is 0 Å². The van der Waals surface area contributed by atoms with Gasteiger partial charge in [-0.3, -0.25) is 4.90 Å². The second-order valence-corrected chi connectivity index (χ2v) is 5.32. The highest BCUT2D eigenvalue weighted by molar-refractivity contribution is 4.90. The first-order valence-electron chi connectivity index (χ1n) is 6.27. The van der Waals surface area contributed by atoms with E-state index in [1.165, 1.54) is 19.4 Å². The number of hydrogen-bond donors (Lipinski definition) is 1. The predicted molar refractivity (Wildman–Crippen MR) is 61.8 cm³/mol. The number of likely N-dealkylation sites (tertiary alicyclic amines) is 1. The Morgan fingerprint density at radius 2 is 2.00 bits per heavy atom. The van der Waals surface area contributed by atoms with Gasteiger partial charge in [0.2, 0.25) is 0 Å². The third kappa shape index (κ3) is 2.52. The highest BCUT2D eigenvalue weighted by Crippen LogP contribution is 2.26. The third-order valence-electron chi connectivity index (χ3n) is 3.97. The minimum absolute atomic E-state index is 0.312. The molecule has 2 heterocycles. The molecule has 2 aliphatic heterocycles. The predicted octanol–water partition coefficient (Wildman–Crippen LogP) is 1.22. The van der Waals surface area contributed by atoms with Gasteiger partial charge in [-0.05, 0) is 32.1 Å². The average Bonchev–Trinajstić information content (AvgIpc) is 2.23. The zero-order valence-electron chi connectivity index (χ0n) is 9.98. The lowest BCUT2D eigenvalue weighted by molar-refractivity contribution is -0.0273. The quantitative estimate of drug-likeness (QED) is 0.710. The molecule has 0 aromatic rings. The molecule has 4 unspecified atom stereocenters. The molecule has 0 bridgehead atoms. The summed E-state index contributed by atoms with van der Waals surface area (Å²) in [7, 11) is 0. The summed E-state index contributed by atoms with van der Waals surface area (Å²) in [6, 6.07) is 1.45. The van der Waals surface area contributed by atoms with E-state index >= 15 is 0 Å². The van der Waals surface area contributed by atoms with E-state index in [1.807, 2.05) is 0 Å². The van der Waals surface area contributed by atoms with E-state index in [0.717, 1.165) is 25.6 Å². The molecule has 0 aromatic carbocycles. The summed E-state index contributed by atoms with van der Waals surface area (Å²) in [5.41, 5.74) is 6.20. The maximum absolute atomic E-state index is 6.20. The molecule has 15 heavy (non-hydrogen) atoms. The summed E-state index contributed by atoms with van der Waals surface area (Å²) in [6.45, 7) is 7.54. The van der Waals surface area contributed by atoms with Crippen LogP contribution in [-0.4, -0.2) is 42.8 Å². The summed E-state index contributed by atoms with van der Waals surface area (Å²) < 4.78 is 5.57. The van der Waals surface area contributed by atoms with Crippen molar-refractivity contribution in [3.05, 3.63) is 0 Å². The minimum Gasteiger partial charge on any atom is -0.380 e. The molecule has 3 nitrogen and oxygen atoms in total. The fraction of sp³-hybridized carbons (Fsp3) is 1.00. The van der Waals surface area contributed by atoms with Crippen molar-refractivity contribution < 1.29 is 4.74 Å². The topological polar surface area (TPSA) is 38.5 Å². The van der Waals surface area contributed by atoms with Crippen molar-refractivity contribution >= 4 is 0 Å². The van der Waals surface area contributed by atoms with Crippen LogP contribution >= 0.6 is 0 Å². The zero-order chi connectivity index (χ0) is 10.8. The molecule has 88 valence electrons. The zero-order valence-corrected chi connectivity index (χ0v) is 9.98. The van der Waals surface area contributed by atoms with Crippen molar-refractivity contribution in [1.82, 2.24) is 4.90 Å². The van der Waals surface area contributed by atoms with E-state index in [1.54, 1.807) is 0 Å². The molecule has 2 saturated heterocycles. The molecular weight excluding hydrogens is 188 g/mol. The Balaban J connectivity index is 1.99. The van der Waals surface area contributed by atoms with Crippen molar-refractivity contribution in [3.63, 3.8) is 0 Å². The van der Waals surface area contributed by atoms with Crippen LogP contribution in [0.4, 0.5) is 0 Å². The van der Waals surface area contributed by atoms with E-state index in [9.17, 15) is 0 Å². The maximum atomic E-state index is 6.20. The first-order valence-corrected chi connectivity index (χ1v) is 6.27. The van der Waals surface area contributed by atoms with Crippen LogP contribution in [0.3, 0.4) is 0 Å². The average molecular weight is 212 g/mol. The first-order chi connectivity index (χ1) is 7.18. The van der Waals surface area contributed by atoms with Gasteiger partial charge < -0.3 is 10.5 Å². The monoisotopic (exact) mass is 212 g/mol. The lowest BCUT2D eigenvalue weighted by Crippen LogP contribution is -2.58. The van der Waals surface area contributed by atoms with Gasteiger partial charge in [0.15, 0.2) is 0 Å².